The molecular weight excluding hydrogens is 156 g/mol. The van der Waals surface area contributed by atoms with Crippen molar-refractivity contribution in [1.82, 2.24) is 0 Å². The molecule has 4 heteroatoms. The Balaban J connectivity index is 3.88. The largest absolute Gasteiger partial charge is 0.432 e. The Bertz CT molecular complexity index is 111. The molecule has 2 atom stereocenters. The third-order valence-electron chi connectivity index (χ3n) is 1.81. The van der Waals surface area contributed by atoms with Crippen molar-refractivity contribution < 1.29 is 4.80 Å². The van der Waals surface area contributed by atoms with E-state index in [0.717, 1.165) is 6.04 Å². The van der Waals surface area contributed by atoms with E-state index in [-0.39, 0.29) is 12.0 Å². The van der Waals surface area contributed by atoms with Crippen LogP contribution in [0.2, 0.25) is 19.1 Å². The molecule has 0 spiro atoms. The van der Waals surface area contributed by atoms with Crippen LogP contribution in [0.4, 0.5) is 0 Å². The second kappa shape index (κ2) is 4.20. The average Bonchev–Trinajstić information content (AvgIpc) is 1.80. The van der Waals surface area contributed by atoms with Crippen LogP contribution in [0.5, 0.6) is 0 Å². The maximum Gasteiger partial charge on any atom is 0.182 e. The van der Waals surface area contributed by atoms with Crippen LogP contribution in [0.25, 0.3) is 0 Å². The molecule has 0 aliphatic heterocycles. The fraction of sp³-hybridized carbons (Fsp3) is 1.00. The Morgan fingerprint density at radius 1 is 1.45 bits per heavy atom. The zero-order chi connectivity index (χ0) is 9.07. The van der Waals surface area contributed by atoms with Gasteiger partial charge < -0.3 is 16.3 Å². The summed E-state index contributed by atoms with van der Waals surface area (Å²) in [5.74, 6) is 0.279. The molecule has 5 N–H and O–H groups in total. The van der Waals surface area contributed by atoms with E-state index in [0.29, 0.717) is 6.54 Å². The fourth-order valence-corrected chi connectivity index (χ4v) is 2.95. The predicted molar refractivity (Wildman–Crippen MR) is 50.7 cm³/mol. The van der Waals surface area contributed by atoms with Crippen molar-refractivity contribution in [2.45, 2.75) is 32.1 Å². The third kappa shape index (κ3) is 5.38. The monoisotopic (exact) mass is 176 g/mol. The molecular formula is C7H20N2OSi. The Morgan fingerprint density at radius 3 is 2.00 bits per heavy atom. The third-order valence-corrected chi connectivity index (χ3v) is 3.33. The molecule has 0 heterocycles. The van der Waals surface area contributed by atoms with E-state index >= 15 is 0 Å². The van der Waals surface area contributed by atoms with Crippen molar-refractivity contribution in [1.29, 1.82) is 0 Å². The normalized spacial score (nSPS) is 18.0. The number of nitrogens with two attached hydrogens (primary N) is 2. The summed E-state index contributed by atoms with van der Waals surface area (Å²) in [6, 6.07) is 0.903. The Labute approximate surface area is 69.9 Å². The molecule has 3 nitrogen and oxygen atoms in total. The Morgan fingerprint density at radius 2 is 1.91 bits per heavy atom. The summed E-state index contributed by atoms with van der Waals surface area (Å²) in [5, 5.41) is 0. The summed E-state index contributed by atoms with van der Waals surface area (Å²) in [4.78, 5) is 9.60. The van der Waals surface area contributed by atoms with Crippen LogP contribution in [0, 0.1) is 5.92 Å². The quantitative estimate of drug-likeness (QED) is 0.532. The van der Waals surface area contributed by atoms with Crippen molar-refractivity contribution in [2.24, 2.45) is 17.4 Å². The summed E-state index contributed by atoms with van der Waals surface area (Å²) >= 11 is 0. The molecule has 0 aromatic carbocycles. The molecule has 0 amide bonds. The minimum Gasteiger partial charge on any atom is -0.432 e. The predicted octanol–water partition coefficient (Wildman–Crippen LogP) is 0.106. The van der Waals surface area contributed by atoms with E-state index in [1.165, 1.54) is 0 Å². The molecule has 0 aliphatic rings. The maximum atomic E-state index is 9.60. The van der Waals surface area contributed by atoms with Gasteiger partial charge in [0.2, 0.25) is 0 Å². The molecule has 0 saturated carbocycles. The second-order valence-corrected chi connectivity index (χ2v) is 7.90. The fourth-order valence-electron chi connectivity index (χ4n) is 1.13. The average molecular weight is 176 g/mol. The Hall–Kier alpha value is 0.0969. The summed E-state index contributed by atoms with van der Waals surface area (Å²) in [7, 11) is -1.96. The van der Waals surface area contributed by atoms with Gasteiger partial charge in [-0.2, -0.15) is 0 Å². The molecule has 0 aromatic rings. The van der Waals surface area contributed by atoms with E-state index in [2.05, 4.69) is 0 Å². The lowest BCUT2D eigenvalue weighted by atomic mass is 10.1. The smallest absolute Gasteiger partial charge is 0.182 e. The van der Waals surface area contributed by atoms with Crippen molar-refractivity contribution in [3.63, 3.8) is 0 Å². The first-order valence-electron chi connectivity index (χ1n) is 4.05. The lowest BCUT2D eigenvalue weighted by Gasteiger charge is -2.24. The van der Waals surface area contributed by atoms with Gasteiger partial charge in [0.15, 0.2) is 8.32 Å². The van der Waals surface area contributed by atoms with E-state index in [1.807, 2.05) is 20.0 Å². The molecule has 0 bridgehead atoms. The molecule has 0 aromatic heterocycles. The van der Waals surface area contributed by atoms with Crippen molar-refractivity contribution in [3.8, 4) is 0 Å². The summed E-state index contributed by atoms with van der Waals surface area (Å²) in [6.45, 7) is 6.35. The van der Waals surface area contributed by atoms with Gasteiger partial charge in [-0.15, -0.1) is 0 Å². The van der Waals surface area contributed by atoms with Crippen molar-refractivity contribution in [3.05, 3.63) is 0 Å². The standard InChI is InChI=1S/C7H20N2OSi/c1-6(9)7(4-8)5-11(2,3)10/h6-7,10H,4-5,8-9H2,1-3H3. The van der Waals surface area contributed by atoms with Crippen LogP contribution in [0.3, 0.4) is 0 Å². The minimum atomic E-state index is -1.96. The molecule has 0 saturated heterocycles. The van der Waals surface area contributed by atoms with Gasteiger partial charge in [0, 0.05) is 6.04 Å². The summed E-state index contributed by atoms with van der Waals surface area (Å²) in [5.41, 5.74) is 11.2. The topological polar surface area (TPSA) is 72.3 Å². The first-order chi connectivity index (χ1) is 4.87. The summed E-state index contributed by atoms with van der Waals surface area (Å²) < 4.78 is 0. The van der Waals surface area contributed by atoms with Crippen LogP contribution >= 0.6 is 0 Å². The van der Waals surface area contributed by atoms with Crippen LogP contribution in [-0.2, 0) is 0 Å². The highest BCUT2D eigenvalue weighted by molar-refractivity contribution is 6.69. The lowest BCUT2D eigenvalue weighted by molar-refractivity contribution is 0.453. The number of rotatable bonds is 4. The molecule has 2 unspecified atom stereocenters. The van der Waals surface area contributed by atoms with E-state index < -0.39 is 8.32 Å². The highest BCUT2D eigenvalue weighted by atomic mass is 28.4. The van der Waals surface area contributed by atoms with Gasteiger partial charge in [-0.3, -0.25) is 0 Å². The highest BCUT2D eigenvalue weighted by Gasteiger charge is 2.24. The number of hydrogen-bond acceptors (Lipinski definition) is 3. The van der Waals surface area contributed by atoms with Crippen molar-refractivity contribution in [2.75, 3.05) is 6.54 Å². The van der Waals surface area contributed by atoms with Gasteiger partial charge in [-0.05, 0) is 38.5 Å². The van der Waals surface area contributed by atoms with E-state index in [1.54, 1.807) is 0 Å². The lowest BCUT2D eigenvalue weighted by Crippen LogP contribution is -2.39. The zero-order valence-corrected chi connectivity index (χ0v) is 8.67. The van der Waals surface area contributed by atoms with Gasteiger partial charge in [-0.1, -0.05) is 0 Å². The molecule has 68 valence electrons. The maximum absolute atomic E-state index is 9.60. The van der Waals surface area contributed by atoms with Crippen LogP contribution < -0.4 is 11.5 Å². The van der Waals surface area contributed by atoms with Crippen molar-refractivity contribution >= 4 is 8.32 Å². The first-order valence-corrected chi connectivity index (χ1v) is 7.20. The molecule has 0 radical (unpaired) electrons. The van der Waals surface area contributed by atoms with Gasteiger partial charge in [0.1, 0.15) is 0 Å². The van der Waals surface area contributed by atoms with Crippen LogP contribution in [0.1, 0.15) is 6.92 Å². The first kappa shape index (κ1) is 11.1. The molecule has 0 rings (SSSR count). The zero-order valence-electron chi connectivity index (χ0n) is 7.67. The van der Waals surface area contributed by atoms with Gasteiger partial charge in [0.25, 0.3) is 0 Å². The molecule has 0 aliphatic carbocycles. The number of hydrogen-bond donors (Lipinski definition) is 3. The van der Waals surface area contributed by atoms with Crippen LogP contribution in [0.15, 0.2) is 0 Å². The van der Waals surface area contributed by atoms with Crippen LogP contribution in [-0.4, -0.2) is 25.7 Å². The van der Waals surface area contributed by atoms with E-state index in [9.17, 15) is 4.80 Å². The molecule has 0 fully saturated rings. The highest BCUT2D eigenvalue weighted by Crippen LogP contribution is 2.15. The second-order valence-electron chi connectivity index (χ2n) is 3.87. The summed E-state index contributed by atoms with van der Waals surface area (Å²) in [6.07, 6.45) is 0. The van der Waals surface area contributed by atoms with Gasteiger partial charge in [0.05, 0.1) is 0 Å². The Kier molecular flexibility index (Phi) is 4.24. The molecule has 11 heavy (non-hydrogen) atoms. The van der Waals surface area contributed by atoms with Gasteiger partial charge >= 0.3 is 0 Å². The SMILES string of the molecule is CC(N)C(CN)C[Si](C)(C)O. The minimum absolute atomic E-state index is 0.0962. The van der Waals surface area contributed by atoms with Gasteiger partial charge in [-0.25, -0.2) is 0 Å². The van der Waals surface area contributed by atoms with E-state index in [4.69, 9.17) is 11.5 Å².